The molecule has 2 atom stereocenters. The number of amides is 1. The average molecular weight is 239 g/mol. The molecule has 1 heterocycles. The zero-order valence-electron chi connectivity index (χ0n) is 9.38. The first-order chi connectivity index (χ1) is 7.31. The van der Waals surface area contributed by atoms with E-state index in [9.17, 15) is 18.0 Å². The Kier molecular flexibility index (Phi) is 4.04. The summed E-state index contributed by atoms with van der Waals surface area (Å²) in [5.41, 5.74) is 0. The molecule has 0 aromatic heterocycles. The fraction of sp³-hybridized carbons (Fsp3) is 0.900. The summed E-state index contributed by atoms with van der Waals surface area (Å²) in [6.45, 7) is 2.14. The zero-order chi connectivity index (χ0) is 12.3. The van der Waals surface area contributed by atoms with E-state index in [2.05, 4.69) is 4.74 Å². The van der Waals surface area contributed by atoms with Crippen LogP contribution >= 0.6 is 0 Å². The van der Waals surface area contributed by atoms with Crippen molar-refractivity contribution in [3.63, 3.8) is 0 Å². The second-order valence-corrected chi connectivity index (χ2v) is 4.21. The molecule has 0 unspecified atom stereocenters. The van der Waals surface area contributed by atoms with E-state index >= 15 is 0 Å². The molecule has 0 N–H and O–H groups in total. The number of ether oxygens (including phenoxy) is 1. The van der Waals surface area contributed by atoms with E-state index < -0.39 is 18.9 Å². The van der Waals surface area contributed by atoms with Crippen LogP contribution in [0.3, 0.4) is 0 Å². The number of piperidine rings is 1. The molecule has 0 aromatic carbocycles. The molecule has 6 heteroatoms. The average Bonchev–Trinajstić information content (AvgIpc) is 2.13. The molecule has 0 aliphatic carbocycles. The molecule has 1 saturated heterocycles. The number of hydrogen-bond donors (Lipinski definition) is 0. The standard InChI is InChI=1S/C10H16F3NO2/c1-7-4-3-5-8(2)14(7)9(15)16-6-10(11,12)13/h7-8H,3-6H2,1-2H3/t7-,8+. The van der Waals surface area contributed by atoms with Gasteiger partial charge in [-0.05, 0) is 33.1 Å². The van der Waals surface area contributed by atoms with E-state index in [-0.39, 0.29) is 12.1 Å². The predicted molar refractivity (Wildman–Crippen MR) is 52.0 cm³/mol. The first kappa shape index (κ1) is 13.1. The molecule has 1 amide bonds. The Bertz CT molecular complexity index is 245. The van der Waals surface area contributed by atoms with Crippen molar-refractivity contribution in [2.75, 3.05) is 6.61 Å². The summed E-state index contributed by atoms with van der Waals surface area (Å²) >= 11 is 0. The lowest BCUT2D eigenvalue weighted by molar-refractivity contribution is -0.163. The highest BCUT2D eigenvalue weighted by Crippen LogP contribution is 2.24. The molecular weight excluding hydrogens is 223 g/mol. The molecule has 16 heavy (non-hydrogen) atoms. The number of hydrogen-bond acceptors (Lipinski definition) is 2. The third kappa shape index (κ3) is 3.57. The molecular formula is C10H16F3NO2. The van der Waals surface area contributed by atoms with Crippen LogP contribution in [-0.4, -0.2) is 35.9 Å². The van der Waals surface area contributed by atoms with Crippen molar-refractivity contribution in [2.45, 2.75) is 51.4 Å². The van der Waals surface area contributed by atoms with Gasteiger partial charge >= 0.3 is 12.3 Å². The lowest BCUT2D eigenvalue weighted by Gasteiger charge is -2.38. The second-order valence-electron chi connectivity index (χ2n) is 4.21. The van der Waals surface area contributed by atoms with Gasteiger partial charge in [0.25, 0.3) is 0 Å². The Morgan fingerprint density at radius 3 is 2.25 bits per heavy atom. The van der Waals surface area contributed by atoms with E-state index in [1.54, 1.807) is 0 Å². The Morgan fingerprint density at radius 1 is 1.31 bits per heavy atom. The van der Waals surface area contributed by atoms with E-state index in [4.69, 9.17) is 0 Å². The minimum Gasteiger partial charge on any atom is -0.440 e. The van der Waals surface area contributed by atoms with Crippen LogP contribution in [0.15, 0.2) is 0 Å². The van der Waals surface area contributed by atoms with Gasteiger partial charge in [-0.15, -0.1) is 0 Å². The quantitative estimate of drug-likeness (QED) is 0.704. The molecule has 1 aliphatic rings. The fourth-order valence-electron chi connectivity index (χ4n) is 2.00. The van der Waals surface area contributed by atoms with Crippen LogP contribution in [-0.2, 0) is 4.74 Å². The van der Waals surface area contributed by atoms with Crippen molar-refractivity contribution < 1.29 is 22.7 Å². The minimum atomic E-state index is -4.46. The third-order valence-corrected chi connectivity index (χ3v) is 2.76. The molecule has 1 aliphatic heterocycles. The van der Waals surface area contributed by atoms with Gasteiger partial charge in [0, 0.05) is 12.1 Å². The van der Waals surface area contributed by atoms with E-state index in [1.165, 1.54) is 4.90 Å². The van der Waals surface area contributed by atoms with Crippen molar-refractivity contribution >= 4 is 6.09 Å². The predicted octanol–water partition coefficient (Wildman–Crippen LogP) is 2.95. The maximum absolute atomic E-state index is 11.9. The monoisotopic (exact) mass is 239 g/mol. The van der Waals surface area contributed by atoms with Crippen molar-refractivity contribution in [3.05, 3.63) is 0 Å². The summed E-state index contributed by atoms with van der Waals surface area (Å²) in [4.78, 5) is 12.9. The number of nitrogens with zero attached hydrogens (tertiary/aromatic N) is 1. The number of halogens is 3. The van der Waals surface area contributed by atoms with Gasteiger partial charge in [-0.2, -0.15) is 13.2 Å². The van der Waals surface area contributed by atoms with Gasteiger partial charge < -0.3 is 9.64 Å². The van der Waals surface area contributed by atoms with Crippen molar-refractivity contribution in [1.82, 2.24) is 4.90 Å². The Labute approximate surface area is 92.5 Å². The summed E-state index contributed by atoms with van der Waals surface area (Å²) in [5.74, 6) is 0. The van der Waals surface area contributed by atoms with Gasteiger partial charge in [0.05, 0.1) is 0 Å². The van der Waals surface area contributed by atoms with Gasteiger partial charge in [0.1, 0.15) is 0 Å². The molecule has 1 rings (SSSR count). The third-order valence-electron chi connectivity index (χ3n) is 2.76. The van der Waals surface area contributed by atoms with Crippen LogP contribution in [0.25, 0.3) is 0 Å². The fourth-order valence-corrected chi connectivity index (χ4v) is 2.00. The van der Waals surface area contributed by atoms with Crippen LogP contribution in [0.1, 0.15) is 33.1 Å². The summed E-state index contributed by atoms with van der Waals surface area (Å²) < 4.78 is 39.9. The maximum Gasteiger partial charge on any atom is 0.422 e. The zero-order valence-corrected chi connectivity index (χ0v) is 9.38. The molecule has 0 aromatic rings. The Hall–Kier alpha value is -0.940. The SMILES string of the molecule is C[C@@H]1CCC[C@H](C)N1C(=O)OCC(F)(F)F. The van der Waals surface area contributed by atoms with Crippen LogP contribution in [0.2, 0.25) is 0 Å². The number of rotatable bonds is 1. The van der Waals surface area contributed by atoms with E-state index in [1.807, 2.05) is 13.8 Å². The first-order valence-corrected chi connectivity index (χ1v) is 5.33. The molecule has 3 nitrogen and oxygen atoms in total. The minimum absolute atomic E-state index is 0.0514. The van der Waals surface area contributed by atoms with Gasteiger partial charge in [-0.1, -0.05) is 0 Å². The highest BCUT2D eigenvalue weighted by atomic mass is 19.4. The van der Waals surface area contributed by atoms with Crippen LogP contribution in [0.4, 0.5) is 18.0 Å². The number of likely N-dealkylation sites (tertiary alicyclic amines) is 1. The van der Waals surface area contributed by atoms with Crippen LogP contribution in [0.5, 0.6) is 0 Å². The smallest absolute Gasteiger partial charge is 0.422 e. The second kappa shape index (κ2) is 4.93. The summed E-state index contributed by atoms with van der Waals surface area (Å²) in [6, 6.07) is -0.103. The lowest BCUT2D eigenvalue weighted by atomic mass is 9.98. The van der Waals surface area contributed by atoms with Gasteiger partial charge in [0.15, 0.2) is 6.61 Å². The number of carbonyl (C=O) groups is 1. The topological polar surface area (TPSA) is 29.5 Å². The highest BCUT2D eigenvalue weighted by Gasteiger charge is 2.34. The van der Waals surface area contributed by atoms with Crippen molar-refractivity contribution in [2.24, 2.45) is 0 Å². The van der Waals surface area contributed by atoms with Crippen LogP contribution < -0.4 is 0 Å². The Morgan fingerprint density at radius 2 is 1.81 bits per heavy atom. The molecule has 0 saturated carbocycles. The van der Waals surface area contributed by atoms with E-state index in [0.29, 0.717) is 0 Å². The lowest BCUT2D eigenvalue weighted by Crippen LogP contribution is -2.48. The van der Waals surface area contributed by atoms with Crippen LogP contribution in [0, 0.1) is 0 Å². The first-order valence-electron chi connectivity index (χ1n) is 5.33. The van der Waals surface area contributed by atoms with Gasteiger partial charge in [-0.25, -0.2) is 4.79 Å². The molecule has 94 valence electrons. The molecule has 1 fully saturated rings. The summed E-state index contributed by atoms with van der Waals surface area (Å²) in [7, 11) is 0. The van der Waals surface area contributed by atoms with Crippen molar-refractivity contribution in [3.8, 4) is 0 Å². The summed E-state index contributed by atoms with van der Waals surface area (Å²) in [5, 5.41) is 0. The summed E-state index contributed by atoms with van der Waals surface area (Å²) in [6.07, 6.45) is -2.71. The molecule has 0 bridgehead atoms. The largest absolute Gasteiger partial charge is 0.440 e. The number of carbonyl (C=O) groups excluding carboxylic acids is 1. The number of alkyl halides is 3. The maximum atomic E-state index is 11.9. The molecule has 0 spiro atoms. The normalized spacial score (nSPS) is 26.7. The van der Waals surface area contributed by atoms with Gasteiger partial charge in [0.2, 0.25) is 0 Å². The molecule has 0 radical (unpaired) electrons. The van der Waals surface area contributed by atoms with E-state index in [0.717, 1.165) is 19.3 Å². The highest BCUT2D eigenvalue weighted by molar-refractivity contribution is 5.68. The Balaban J connectivity index is 2.51. The van der Waals surface area contributed by atoms with Crippen molar-refractivity contribution in [1.29, 1.82) is 0 Å². The van der Waals surface area contributed by atoms with Gasteiger partial charge in [-0.3, -0.25) is 0 Å².